The van der Waals surface area contributed by atoms with Crippen molar-refractivity contribution in [2.24, 2.45) is 5.41 Å². The van der Waals surface area contributed by atoms with Crippen LogP contribution in [0.1, 0.15) is 31.7 Å². The van der Waals surface area contributed by atoms with Crippen LogP contribution >= 0.6 is 0 Å². The Morgan fingerprint density at radius 2 is 2.40 bits per heavy atom. The largest absolute Gasteiger partial charge is 0.493 e. The first-order valence-electron chi connectivity index (χ1n) is 7.51. The van der Waals surface area contributed by atoms with E-state index in [0.29, 0.717) is 0 Å². The van der Waals surface area contributed by atoms with Crippen LogP contribution in [-0.2, 0) is 11.2 Å². The van der Waals surface area contributed by atoms with E-state index in [2.05, 4.69) is 17.6 Å². The SMILES string of the molecule is CCCC1(C(=O)Nc2ccc3c(c2)CCO3)CCNC1. The van der Waals surface area contributed by atoms with Crippen molar-refractivity contribution in [3.05, 3.63) is 23.8 Å². The number of rotatable bonds is 4. The number of ether oxygens (including phenoxy) is 1. The van der Waals surface area contributed by atoms with E-state index in [-0.39, 0.29) is 11.3 Å². The zero-order valence-corrected chi connectivity index (χ0v) is 12.0. The third kappa shape index (κ3) is 2.40. The molecule has 20 heavy (non-hydrogen) atoms. The van der Waals surface area contributed by atoms with Gasteiger partial charge in [0, 0.05) is 18.7 Å². The summed E-state index contributed by atoms with van der Waals surface area (Å²) in [5.41, 5.74) is 1.85. The van der Waals surface area contributed by atoms with E-state index < -0.39 is 0 Å². The molecule has 1 amide bonds. The van der Waals surface area contributed by atoms with E-state index in [1.165, 1.54) is 5.56 Å². The molecule has 0 aromatic heterocycles. The van der Waals surface area contributed by atoms with Crippen LogP contribution in [0, 0.1) is 5.41 Å². The number of amides is 1. The highest BCUT2D eigenvalue weighted by atomic mass is 16.5. The van der Waals surface area contributed by atoms with E-state index >= 15 is 0 Å². The number of anilines is 1. The standard InChI is InChI=1S/C16H22N2O2/c1-2-6-16(7-8-17-11-16)15(19)18-13-3-4-14-12(10-13)5-9-20-14/h3-4,10,17H,2,5-9,11H2,1H3,(H,18,19). The van der Waals surface area contributed by atoms with Gasteiger partial charge < -0.3 is 15.4 Å². The Hall–Kier alpha value is -1.55. The second-order valence-corrected chi connectivity index (χ2v) is 5.83. The Labute approximate surface area is 119 Å². The normalized spacial score (nSPS) is 24.2. The molecule has 1 saturated heterocycles. The first kappa shape index (κ1) is 13.4. The molecule has 1 unspecified atom stereocenters. The van der Waals surface area contributed by atoms with Gasteiger partial charge in [0.05, 0.1) is 12.0 Å². The third-order valence-electron chi connectivity index (χ3n) is 4.40. The second-order valence-electron chi connectivity index (χ2n) is 5.83. The predicted molar refractivity (Wildman–Crippen MR) is 79.1 cm³/mol. The average molecular weight is 274 g/mol. The van der Waals surface area contributed by atoms with Crippen LogP contribution in [-0.4, -0.2) is 25.6 Å². The number of fused-ring (bicyclic) bond motifs is 1. The van der Waals surface area contributed by atoms with E-state index in [1.54, 1.807) is 0 Å². The van der Waals surface area contributed by atoms with E-state index in [0.717, 1.165) is 56.8 Å². The quantitative estimate of drug-likeness (QED) is 0.886. The van der Waals surface area contributed by atoms with Gasteiger partial charge in [-0.15, -0.1) is 0 Å². The highest BCUT2D eigenvalue weighted by molar-refractivity contribution is 5.96. The molecule has 0 aliphatic carbocycles. The summed E-state index contributed by atoms with van der Waals surface area (Å²) in [4.78, 5) is 12.6. The molecule has 4 heteroatoms. The summed E-state index contributed by atoms with van der Waals surface area (Å²) in [6, 6.07) is 5.93. The smallest absolute Gasteiger partial charge is 0.231 e. The van der Waals surface area contributed by atoms with E-state index in [9.17, 15) is 4.79 Å². The van der Waals surface area contributed by atoms with Crippen LogP contribution in [0.4, 0.5) is 5.69 Å². The summed E-state index contributed by atoms with van der Waals surface area (Å²) in [5, 5.41) is 6.43. The Kier molecular flexibility index (Phi) is 3.66. The lowest BCUT2D eigenvalue weighted by Gasteiger charge is -2.26. The minimum absolute atomic E-state index is 0.156. The first-order valence-corrected chi connectivity index (χ1v) is 7.51. The van der Waals surface area contributed by atoms with Gasteiger partial charge >= 0.3 is 0 Å². The van der Waals surface area contributed by atoms with Gasteiger partial charge in [0.15, 0.2) is 0 Å². The Morgan fingerprint density at radius 1 is 1.50 bits per heavy atom. The minimum Gasteiger partial charge on any atom is -0.493 e. The molecule has 0 radical (unpaired) electrons. The summed E-state index contributed by atoms with van der Waals surface area (Å²) in [6.07, 6.45) is 3.84. The maximum absolute atomic E-state index is 12.6. The molecular formula is C16H22N2O2. The second kappa shape index (κ2) is 5.44. The maximum Gasteiger partial charge on any atom is 0.231 e. The number of hydrogen-bond acceptors (Lipinski definition) is 3. The fourth-order valence-electron chi connectivity index (χ4n) is 3.27. The van der Waals surface area contributed by atoms with Crippen molar-refractivity contribution in [1.29, 1.82) is 0 Å². The molecule has 2 aliphatic rings. The van der Waals surface area contributed by atoms with Crippen molar-refractivity contribution >= 4 is 11.6 Å². The minimum atomic E-state index is -0.232. The molecule has 0 bridgehead atoms. The molecule has 3 rings (SSSR count). The average Bonchev–Trinajstić information content (AvgIpc) is 3.08. The van der Waals surface area contributed by atoms with Crippen LogP contribution in [0.15, 0.2) is 18.2 Å². The number of nitrogens with one attached hydrogen (secondary N) is 2. The monoisotopic (exact) mass is 274 g/mol. The van der Waals surface area contributed by atoms with Crippen LogP contribution in [0.25, 0.3) is 0 Å². The van der Waals surface area contributed by atoms with Crippen molar-refractivity contribution < 1.29 is 9.53 Å². The molecule has 1 atom stereocenters. The summed E-state index contributed by atoms with van der Waals surface area (Å²) in [6.45, 7) is 4.61. The topological polar surface area (TPSA) is 50.4 Å². The lowest BCUT2D eigenvalue weighted by molar-refractivity contribution is -0.125. The lowest BCUT2D eigenvalue weighted by atomic mass is 9.81. The van der Waals surface area contributed by atoms with Gasteiger partial charge in [0.2, 0.25) is 5.91 Å². The van der Waals surface area contributed by atoms with Gasteiger partial charge in [-0.05, 0) is 43.1 Å². The van der Waals surface area contributed by atoms with Gasteiger partial charge in [-0.25, -0.2) is 0 Å². The summed E-state index contributed by atoms with van der Waals surface area (Å²) in [5.74, 6) is 1.11. The summed E-state index contributed by atoms with van der Waals surface area (Å²) >= 11 is 0. The van der Waals surface area contributed by atoms with Crippen molar-refractivity contribution in [3.63, 3.8) is 0 Å². The van der Waals surface area contributed by atoms with E-state index in [1.807, 2.05) is 18.2 Å². The van der Waals surface area contributed by atoms with Crippen LogP contribution in [0.2, 0.25) is 0 Å². The predicted octanol–water partition coefficient (Wildman–Crippen LogP) is 2.34. The lowest BCUT2D eigenvalue weighted by Crippen LogP contribution is -2.38. The Balaban J connectivity index is 1.74. The molecule has 0 spiro atoms. The number of carbonyl (C=O) groups excluding carboxylic acids is 1. The molecule has 2 N–H and O–H groups in total. The van der Waals surface area contributed by atoms with Crippen molar-refractivity contribution in [2.45, 2.75) is 32.6 Å². The van der Waals surface area contributed by atoms with Crippen molar-refractivity contribution in [1.82, 2.24) is 5.32 Å². The number of hydrogen-bond donors (Lipinski definition) is 2. The van der Waals surface area contributed by atoms with Crippen LogP contribution in [0.5, 0.6) is 5.75 Å². The van der Waals surface area contributed by atoms with Crippen molar-refractivity contribution in [3.8, 4) is 5.75 Å². The molecule has 108 valence electrons. The molecular weight excluding hydrogens is 252 g/mol. The third-order valence-corrected chi connectivity index (χ3v) is 4.40. The molecule has 1 aromatic rings. The fraction of sp³-hybridized carbons (Fsp3) is 0.562. The highest BCUT2D eigenvalue weighted by Gasteiger charge is 2.40. The van der Waals surface area contributed by atoms with E-state index in [4.69, 9.17) is 4.74 Å². The van der Waals surface area contributed by atoms with Gasteiger partial charge in [0.1, 0.15) is 5.75 Å². The first-order chi connectivity index (χ1) is 9.73. The van der Waals surface area contributed by atoms with Gasteiger partial charge in [-0.2, -0.15) is 0 Å². The Bertz CT molecular complexity index is 507. The molecule has 1 fully saturated rings. The number of carbonyl (C=O) groups is 1. The van der Waals surface area contributed by atoms with Crippen LogP contribution in [0.3, 0.4) is 0 Å². The van der Waals surface area contributed by atoms with Crippen molar-refractivity contribution in [2.75, 3.05) is 25.0 Å². The molecule has 2 aliphatic heterocycles. The number of benzene rings is 1. The summed E-state index contributed by atoms with van der Waals surface area (Å²) < 4.78 is 5.49. The fourth-order valence-corrected chi connectivity index (χ4v) is 3.27. The molecule has 2 heterocycles. The zero-order valence-electron chi connectivity index (χ0n) is 12.0. The van der Waals surface area contributed by atoms with Crippen LogP contribution < -0.4 is 15.4 Å². The highest BCUT2D eigenvalue weighted by Crippen LogP contribution is 2.34. The Morgan fingerprint density at radius 3 is 3.15 bits per heavy atom. The molecule has 4 nitrogen and oxygen atoms in total. The maximum atomic E-state index is 12.6. The van der Waals surface area contributed by atoms with Gasteiger partial charge in [-0.3, -0.25) is 4.79 Å². The zero-order chi connectivity index (χ0) is 14.0. The van der Waals surface area contributed by atoms with Gasteiger partial charge in [-0.1, -0.05) is 13.3 Å². The molecule has 0 saturated carbocycles. The molecule has 1 aromatic carbocycles. The summed E-state index contributed by atoms with van der Waals surface area (Å²) in [7, 11) is 0. The van der Waals surface area contributed by atoms with Gasteiger partial charge in [0.25, 0.3) is 0 Å².